The summed E-state index contributed by atoms with van der Waals surface area (Å²) in [5.74, 6) is -0.295. The largest absolute Gasteiger partial charge is 0.515 e. The van der Waals surface area contributed by atoms with E-state index in [1.54, 1.807) is 30.3 Å². The highest BCUT2D eigenvalue weighted by atomic mass is 19.1. The molecule has 1 aliphatic rings. The third kappa shape index (κ3) is 5.05. The summed E-state index contributed by atoms with van der Waals surface area (Å²) in [6, 6.07) is 21.7. The molecule has 4 rings (SSSR count). The monoisotopic (exact) mass is 478 g/mol. The summed E-state index contributed by atoms with van der Waals surface area (Å²) >= 11 is 0. The lowest BCUT2D eigenvalue weighted by atomic mass is 9.86. The minimum absolute atomic E-state index is 0.0863. The molecule has 3 aromatic rings. The van der Waals surface area contributed by atoms with Crippen molar-refractivity contribution in [1.82, 2.24) is 0 Å². The van der Waals surface area contributed by atoms with Crippen LogP contribution in [0.25, 0.3) is 0 Å². The van der Waals surface area contributed by atoms with E-state index >= 15 is 0 Å². The average molecular weight is 479 g/mol. The van der Waals surface area contributed by atoms with E-state index in [9.17, 15) is 19.1 Å². The van der Waals surface area contributed by atoms with Gasteiger partial charge in [0.05, 0.1) is 7.11 Å². The fourth-order valence-corrected chi connectivity index (χ4v) is 5.06. The first-order valence-corrected chi connectivity index (χ1v) is 11.6. The Hall–Kier alpha value is -3.71. The number of ether oxygens (including phenoxy) is 2. The lowest BCUT2D eigenvalue weighted by Crippen LogP contribution is -2.64. The van der Waals surface area contributed by atoms with E-state index < -0.39 is 28.6 Å². The smallest absolute Gasteiger partial charge is 0.489 e. The van der Waals surface area contributed by atoms with Crippen molar-refractivity contribution in [3.05, 3.63) is 101 Å². The summed E-state index contributed by atoms with van der Waals surface area (Å²) in [6.45, 7) is 0.245. The van der Waals surface area contributed by atoms with Crippen LogP contribution in [0, 0.1) is 5.82 Å². The number of methoxy groups -OCH3 is 1. The number of carboxylic acid groups (broad SMARTS) is 1. The van der Waals surface area contributed by atoms with Crippen LogP contribution < -0.4 is 4.74 Å². The fourth-order valence-electron chi connectivity index (χ4n) is 5.06. The van der Waals surface area contributed by atoms with Crippen molar-refractivity contribution in [2.24, 2.45) is 0 Å². The number of amides is 1. The van der Waals surface area contributed by atoms with Gasteiger partial charge in [0.2, 0.25) is 0 Å². The van der Waals surface area contributed by atoms with Gasteiger partial charge in [-0.15, -0.1) is 0 Å². The number of quaternary nitrogens is 1. The Morgan fingerprint density at radius 2 is 1.66 bits per heavy atom. The van der Waals surface area contributed by atoms with Crippen LogP contribution in [0.1, 0.15) is 42.0 Å². The Labute approximate surface area is 204 Å². The molecule has 0 radical (unpaired) electrons. The molecule has 6 nitrogen and oxygen atoms in total. The first kappa shape index (κ1) is 24.4. The third-order valence-corrected chi connectivity index (χ3v) is 6.80. The van der Waals surface area contributed by atoms with Crippen LogP contribution in [-0.4, -0.2) is 34.8 Å². The van der Waals surface area contributed by atoms with Gasteiger partial charge in [0.1, 0.15) is 30.8 Å². The number of likely N-dealkylation sites (tertiary alicyclic amines) is 1. The third-order valence-electron chi connectivity index (χ3n) is 6.80. The Bertz CT molecular complexity index is 1170. The van der Waals surface area contributed by atoms with Crippen LogP contribution in [0.4, 0.5) is 9.18 Å². The molecule has 3 aromatic carbocycles. The molecule has 1 N–H and O–H groups in total. The molecule has 1 aliphatic heterocycles. The SMILES string of the molecule is COC(=O)[C@@H]1CCC[C@H](c2ccc(OCc3ccccc3F)cc2)[N+]1(Cc1ccccc1)C(=O)O. The second-order valence-corrected chi connectivity index (χ2v) is 8.79. The average Bonchev–Trinajstić information content (AvgIpc) is 2.88. The van der Waals surface area contributed by atoms with Gasteiger partial charge in [0, 0.05) is 29.5 Å². The molecule has 0 aliphatic carbocycles. The maximum Gasteiger partial charge on any atom is 0.515 e. The highest BCUT2D eigenvalue weighted by molar-refractivity contribution is 5.77. The minimum atomic E-state index is -1.06. The van der Waals surface area contributed by atoms with Crippen molar-refractivity contribution in [2.75, 3.05) is 7.11 Å². The van der Waals surface area contributed by atoms with E-state index in [4.69, 9.17) is 9.47 Å². The predicted octanol–water partition coefficient (Wildman–Crippen LogP) is 5.87. The van der Waals surface area contributed by atoms with Crippen molar-refractivity contribution in [3.8, 4) is 5.75 Å². The van der Waals surface area contributed by atoms with E-state index in [1.807, 2.05) is 42.5 Å². The number of esters is 1. The molecular formula is C28H29FNO5+. The number of nitrogens with zero attached hydrogens (tertiary/aromatic N) is 1. The van der Waals surface area contributed by atoms with Crippen molar-refractivity contribution in [3.63, 3.8) is 0 Å². The highest BCUT2D eigenvalue weighted by Crippen LogP contribution is 2.44. The molecule has 1 saturated heterocycles. The molecule has 1 unspecified atom stereocenters. The van der Waals surface area contributed by atoms with Gasteiger partial charge in [-0.1, -0.05) is 48.5 Å². The zero-order valence-electron chi connectivity index (χ0n) is 19.6. The maximum absolute atomic E-state index is 13.9. The lowest BCUT2D eigenvalue weighted by Gasteiger charge is -2.47. The van der Waals surface area contributed by atoms with Crippen molar-refractivity contribution in [1.29, 1.82) is 0 Å². The Balaban J connectivity index is 1.65. The quantitative estimate of drug-likeness (QED) is 0.340. The van der Waals surface area contributed by atoms with Crippen molar-refractivity contribution >= 4 is 12.1 Å². The van der Waals surface area contributed by atoms with E-state index in [0.717, 1.165) is 11.1 Å². The minimum Gasteiger partial charge on any atom is -0.489 e. The highest BCUT2D eigenvalue weighted by Gasteiger charge is 2.57. The van der Waals surface area contributed by atoms with Crippen molar-refractivity contribution < 1.29 is 33.0 Å². The van der Waals surface area contributed by atoms with Gasteiger partial charge in [0.15, 0.2) is 6.04 Å². The molecule has 3 atom stereocenters. The van der Waals surface area contributed by atoms with Crippen LogP contribution in [0.3, 0.4) is 0 Å². The Kier molecular flexibility index (Phi) is 7.46. The van der Waals surface area contributed by atoms with E-state index in [-0.39, 0.29) is 19.0 Å². The number of benzene rings is 3. The number of carbonyl (C=O) groups excluding carboxylic acids is 1. The predicted molar refractivity (Wildman–Crippen MR) is 128 cm³/mol. The lowest BCUT2D eigenvalue weighted by molar-refractivity contribution is -0.922. The first-order valence-electron chi connectivity index (χ1n) is 11.6. The van der Waals surface area contributed by atoms with E-state index in [2.05, 4.69) is 0 Å². The second kappa shape index (κ2) is 10.7. The van der Waals surface area contributed by atoms with Gasteiger partial charge >= 0.3 is 12.1 Å². The van der Waals surface area contributed by atoms with Crippen LogP contribution in [0.5, 0.6) is 5.75 Å². The van der Waals surface area contributed by atoms with Crippen molar-refractivity contribution in [2.45, 2.75) is 44.5 Å². The van der Waals surface area contributed by atoms with Gasteiger partial charge in [-0.3, -0.25) is 0 Å². The van der Waals surface area contributed by atoms with Gasteiger partial charge in [0.25, 0.3) is 0 Å². The summed E-state index contributed by atoms with van der Waals surface area (Å²) in [5.41, 5.74) is 2.09. The molecule has 0 saturated carbocycles. The number of halogens is 1. The van der Waals surface area contributed by atoms with Crippen LogP contribution in [-0.2, 0) is 22.7 Å². The molecular weight excluding hydrogens is 449 g/mol. The molecule has 0 aromatic heterocycles. The second-order valence-electron chi connectivity index (χ2n) is 8.79. The summed E-state index contributed by atoms with van der Waals surface area (Å²) in [4.78, 5) is 25.8. The summed E-state index contributed by atoms with van der Waals surface area (Å²) in [5, 5.41) is 10.6. The van der Waals surface area contributed by atoms with E-state index in [0.29, 0.717) is 30.6 Å². The van der Waals surface area contributed by atoms with Gasteiger partial charge < -0.3 is 14.6 Å². The molecule has 182 valence electrons. The molecule has 35 heavy (non-hydrogen) atoms. The number of hydrogen-bond acceptors (Lipinski definition) is 4. The van der Waals surface area contributed by atoms with Crippen LogP contribution in [0.15, 0.2) is 78.9 Å². The van der Waals surface area contributed by atoms with Crippen LogP contribution >= 0.6 is 0 Å². The standard InChI is InChI=1S/C28H28FNO5/c1-34-27(31)26-13-7-12-25(30(26,28(32)33)18-20-8-3-2-4-9-20)21-14-16-23(17-15-21)35-19-22-10-5-6-11-24(22)29/h2-6,8-11,14-17,25-26H,7,12-13,18-19H2,1H3/p+1/t25-,26+,30?/m1/s1. The maximum atomic E-state index is 13.9. The first-order chi connectivity index (χ1) is 17.0. The molecule has 0 spiro atoms. The Morgan fingerprint density at radius 1 is 0.971 bits per heavy atom. The molecule has 0 bridgehead atoms. The molecule has 1 amide bonds. The van der Waals surface area contributed by atoms with Crippen LogP contribution in [0.2, 0.25) is 0 Å². The molecule has 7 heteroatoms. The number of piperidine rings is 1. The summed E-state index contributed by atoms with van der Waals surface area (Å²) in [6.07, 6.45) is 0.695. The fraction of sp³-hybridized carbons (Fsp3) is 0.286. The number of rotatable bonds is 7. The summed E-state index contributed by atoms with van der Waals surface area (Å²) in [7, 11) is 1.30. The van der Waals surface area contributed by atoms with Gasteiger partial charge in [-0.2, -0.15) is 4.79 Å². The number of hydrogen-bond donors (Lipinski definition) is 1. The van der Waals surface area contributed by atoms with Gasteiger partial charge in [-0.05, 0) is 36.8 Å². The zero-order chi connectivity index (χ0) is 24.8. The molecule has 1 fully saturated rings. The topological polar surface area (TPSA) is 72.8 Å². The van der Waals surface area contributed by atoms with E-state index in [1.165, 1.54) is 13.2 Å². The zero-order valence-corrected chi connectivity index (χ0v) is 19.6. The normalized spacial score (nSPS) is 21.8. The van der Waals surface area contributed by atoms with Gasteiger partial charge in [-0.25, -0.2) is 13.7 Å². The number of carbonyl (C=O) groups is 2. The Morgan fingerprint density at radius 3 is 2.31 bits per heavy atom. The molecule has 1 heterocycles. The summed E-state index contributed by atoms with van der Waals surface area (Å²) < 4.78 is 24.2.